The molecule has 0 aliphatic heterocycles. The number of hydrogen-bond donors (Lipinski definition) is 3. The molecule has 0 aliphatic carbocycles. The van der Waals surface area contributed by atoms with Gasteiger partial charge in [0, 0.05) is 19.2 Å². The van der Waals surface area contributed by atoms with Gasteiger partial charge in [-0.25, -0.2) is 9.78 Å². The second kappa shape index (κ2) is 6.30. The third kappa shape index (κ3) is 3.40. The molecule has 0 unspecified atom stereocenters. The number of amides is 2. The second-order valence-corrected chi connectivity index (χ2v) is 4.73. The maximum absolute atomic E-state index is 10.9. The number of aromatic nitrogens is 2. The number of urea groups is 1. The summed E-state index contributed by atoms with van der Waals surface area (Å²) in [6.07, 6.45) is 1.85. The van der Waals surface area contributed by atoms with Crippen LogP contribution in [0.3, 0.4) is 0 Å². The Morgan fingerprint density at radius 1 is 1.44 bits per heavy atom. The van der Waals surface area contributed by atoms with Gasteiger partial charge in [0.2, 0.25) is 0 Å². The topological polar surface area (TPSA) is 69.8 Å². The van der Waals surface area contributed by atoms with E-state index in [9.17, 15) is 4.79 Å². The first-order chi connectivity index (χ1) is 8.79. The number of aromatic amines is 1. The van der Waals surface area contributed by atoms with E-state index in [0.29, 0.717) is 0 Å². The molecule has 0 atom stereocenters. The van der Waals surface area contributed by atoms with Crippen molar-refractivity contribution in [1.29, 1.82) is 0 Å². The van der Waals surface area contributed by atoms with Crippen LogP contribution in [0.1, 0.15) is 12.2 Å². The number of fused-ring (bicyclic) bond motifs is 1. The van der Waals surface area contributed by atoms with Crippen molar-refractivity contribution in [3.63, 3.8) is 0 Å². The van der Waals surface area contributed by atoms with E-state index in [1.165, 1.54) is 11.9 Å². The third-order valence-electron chi connectivity index (χ3n) is 2.49. The maximum Gasteiger partial charge on any atom is 0.324 e. The Hall–Kier alpha value is -1.69. The molecular weight excluding hydrogens is 248 g/mol. The molecule has 2 amide bonds. The summed E-state index contributed by atoms with van der Waals surface area (Å²) in [5, 5.41) is 2.50. The van der Waals surface area contributed by atoms with Gasteiger partial charge in [0.05, 0.1) is 11.0 Å². The summed E-state index contributed by atoms with van der Waals surface area (Å²) in [6, 6.07) is 7.83. The van der Waals surface area contributed by atoms with Gasteiger partial charge in [-0.15, -0.1) is 0 Å². The highest BCUT2D eigenvalue weighted by molar-refractivity contribution is 7.97. The van der Waals surface area contributed by atoms with E-state index < -0.39 is 0 Å². The number of aryl methyl sites for hydroxylation is 1. The van der Waals surface area contributed by atoms with E-state index in [4.69, 9.17) is 0 Å². The molecule has 1 aromatic heterocycles. The van der Waals surface area contributed by atoms with E-state index in [1.807, 2.05) is 24.3 Å². The molecule has 0 saturated heterocycles. The summed E-state index contributed by atoms with van der Waals surface area (Å²) in [6.45, 7) is 0. The molecule has 3 N–H and O–H groups in total. The minimum Gasteiger partial charge on any atom is -0.342 e. The van der Waals surface area contributed by atoms with Crippen LogP contribution >= 0.6 is 11.9 Å². The van der Waals surface area contributed by atoms with Gasteiger partial charge in [0.25, 0.3) is 0 Å². The molecule has 1 aromatic carbocycles. The highest BCUT2D eigenvalue weighted by Crippen LogP contribution is 2.11. The molecule has 0 bridgehead atoms. The van der Waals surface area contributed by atoms with Crippen LogP contribution in [0.5, 0.6) is 0 Å². The van der Waals surface area contributed by atoms with Crippen LogP contribution < -0.4 is 10.0 Å². The molecule has 0 radical (unpaired) electrons. The molecule has 1 heterocycles. The van der Waals surface area contributed by atoms with Crippen LogP contribution in [-0.2, 0) is 6.42 Å². The van der Waals surface area contributed by atoms with Gasteiger partial charge in [-0.2, -0.15) is 0 Å². The molecular formula is C12H16N4OS. The Balaban J connectivity index is 1.75. The van der Waals surface area contributed by atoms with Crippen molar-refractivity contribution in [3.8, 4) is 0 Å². The summed E-state index contributed by atoms with van der Waals surface area (Å²) >= 11 is 1.41. The first-order valence-electron chi connectivity index (χ1n) is 5.83. The summed E-state index contributed by atoms with van der Waals surface area (Å²) < 4.78 is 2.68. The predicted molar refractivity (Wildman–Crippen MR) is 74.5 cm³/mol. The van der Waals surface area contributed by atoms with Gasteiger partial charge in [-0.05, 0) is 30.5 Å². The van der Waals surface area contributed by atoms with Crippen LogP contribution in [0.25, 0.3) is 11.0 Å². The van der Waals surface area contributed by atoms with Gasteiger partial charge in [0.1, 0.15) is 5.82 Å². The zero-order chi connectivity index (χ0) is 12.8. The lowest BCUT2D eigenvalue weighted by atomic mass is 10.3. The van der Waals surface area contributed by atoms with E-state index in [1.54, 1.807) is 7.05 Å². The van der Waals surface area contributed by atoms with Crippen LogP contribution in [0.15, 0.2) is 24.3 Å². The van der Waals surface area contributed by atoms with Gasteiger partial charge in [-0.1, -0.05) is 12.1 Å². The number of carbonyl (C=O) groups is 1. The van der Waals surface area contributed by atoms with Crippen LogP contribution in [0, 0.1) is 0 Å². The third-order valence-corrected chi connectivity index (χ3v) is 3.31. The molecule has 5 nitrogen and oxygen atoms in total. The molecule has 0 fully saturated rings. The standard InChI is InChI=1S/C12H16N4OS/c1-13-12(17)16-18-8-4-7-11-14-9-5-2-3-6-10(9)15-11/h2-3,5-6H,4,7-8H2,1H3,(H,14,15)(H2,13,16,17). The van der Waals surface area contributed by atoms with Gasteiger partial charge in [0.15, 0.2) is 0 Å². The van der Waals surface area contributed by atoms with Crippen molar-refractivity contribution in [2.45, 2.75) is 12.8 Å². The zero-order valence-corrected chi connectivity index (χ0v) is 11.0. The molecule has 6 heteroatoms. The lowest BCUT2D eigenvalue weighted by Crippen LogP contribution is -2.27. The van der Waals surface area contributed by atoms with Crippen molar-refractivity contribution >= 4 is 29.0 Å². The molecule has 96 valence electrons. The second-order valence-electron chi connectivity index (χ2n) is 3.83. The van der Waals surface area contributed by atoms with E-state index in [0.717, 1.165) is 35.5 Å². The first kappa shape index (κ1) is 12.8. The fourth-order valence-electron chi connectivity index (χ4n) is 1.60. The summed E-state index contributed by atoms with van der Waals surface area (Å²) in [7, 11) is 1.60. The van der Waals surface area contributed by atoms with E-state index in [-0.39, 0.29) is 6.03 Å². The van der Waals surface area contributed by atoms with E-state index in [2.05, 4.69) is 20.0 Å². The lowest BCUT2D eigenvalue weighted by Gasteiger charge is -2.01. The predicted octanol–water partition coefficient (Wildman–Crippen LogP) is 2.07. The number of H-pyrrole nitrogens is 1. The van der Waals surface area contributed by atoms with Crippen molar-refractivity contribution in [2.24, 2.45) is 0 Å². The van der Waals surface area contributed by atoms with Crippen LogP contribution in [-0.4, -0.2) is 28.8 Å². The van der Waals surface area contributed by atoms with E-state index >= 15 is 0 Å². The van der Waals surface area contributed by atoms with Gasteiger partial charge < -0.3 is 10.3 Å². The normalized spacial score (nSPS) is 10.5. The average Bonchev–Trinajstić information content (AvgIpc) is 2.80. The number of hydrogen-bond acceptors (Lipinski definition) is 3. The SMILES string of the molecule is CNC(=O)NSCCCc1nc2ccccc2[nH]1. The minimum absolute atomic E-state index is 0.163. The van der Waals surface area contributed by atoms with Crippen molar-refractivity contribution < 1.29 is 4.79 Å². The van der Waals surface area contributed by atoms with Crippen LogP contribution in [0.4, 0.5) is 4.79 Å². The molecule has 2 rings (SSSR count). The molecule has 0 aliphatic rings. The number of nitrogens with zero attached hydrogens (tertiary/aromatic N) is 1. The Kier molecular flexibility index (Phi) is 4.46. The largest absolute Gasteiger partial charge is 0.342 e. The number of carbonyl (C=O) groups excluding carboxylic acids is 1. The minimum atomic E-state index is -0.163. The zero-order valence-electron chi connectivity index (χ0n) is 10.2. The molecule has 2 aromatic rings. The van der Waals surface area contributed by atoms with Gasteiger partial charge >= 0.3 is 6.03 Å². The monoisotopic (exact) mass is 264 g/mol. The Labute approximate surface area is 110 Å². The van der Waals surface area contributed by atoms with Gasteiger partial charge in [-0.3, -0.25) is 4.72 Å². The van der Waals surface area contributed by atoms with Crippen molar-refractivity contribution in [3.05, 3.63) is 30.1 Å². The molecule has 0 saturated carbocycles. The average molecular weight is 264 g/mol. The Morgan fingerprint density at radius 2 is 2.28 bits per heavy atom. The van der Waals surface area contributed by atoms with Crippen molar-refractivity contribution in [1.82, 2.24) is 20.0 Å². The molecule has 18 heavy (non-hydrogen) atoms. The van der Waals surface area contributed by atoms with Crippen LogP contribution in [0.2, 0.25) is 0 Å². The van der Waals surface area contributed by atoms with Crippen molar-refractivity contribution in [2.75, 3.05) is 12.8 Å². The molecule has 0 spiro atoms. The smallest absolute Gasteiger partial charge is 0.324 e. The quantitative estimate of drug-likeness (QED) is 0.572. The maximum atomic E-state index is 10.9. The summed E-state index contributed by atoms with van der Waals surface area (Å²) in [5.41, 5.74) is 2.08. The highest BCUT2D eigenvalue weighted by atomic mass is 32.2. The summed E-state index contributed by atoms with van der Waals surface area (Å²) in [4.78, 5) is 18.7. The fourth-order valence-corrected chi connectivity index (χ4v) is 2.23. The Bertz CT molecular complexity index is 493. The number of imidazole rings is 1. The highest BCUT2D eigenvalue weighted by Gasteiger charge is 2.02. The number of rotatable bonds is 5. The Morgan fingerprint density at radius 3 is 3.06 bits per heavy atom. The first-order valence-corrected chi connectivity index (χ1v) is 6.81. The number of nitrogens with one attached hydrogen (secondary N) is 3. The lowest BCUT2D eigenvalue weighted by molar-refractivity contribution is 0.248. The number of benzene rings is 1. The fraction of sp³-hybridized carbons (Fsp3) is 0.333. The summed E-state index contributed by atoms with van der Waals surface area (Å²) in [5.74, 6) is 1.86. The number of para-hydroxylation sites is 2.